The number of benzene rings is 1. The number of nitrogens with zero attached hydrogens (tertiary/aromatic N) is 1. The number of rotatable bonds is 4. The van der Waals surface area contributed by atoms with Gasteiger partial charge in [0.15, 0.2) is 0 Å². The molecule has 21 heavy (non-hydrogen) atoms. The van der Waals surface area contributed by atoms with Crippen LogP contribution in [-0.2, 0) is 9.53 Å². The molecule has 1 aromatic carbocycles. The minimum Gasteiger partial charge on any atom is -0.465 e. The van der Waals surface area contributed by atoms with Crippen LogP contribution in [0.2, 0.25) is 0 Å². The molecular weight excluding hydrogens is 266 g/mol. The van der Waals surface area contributed by atoms with Crippen molar-refractivity contribution in [3.8, 4) is 0 Å². The monoisotopic (exact) mass is 289 g/mol. The molecule has 1 fully saturated rings. The maximum Gasteiger partial charge on any atom is 0.309 e. The average Bonchev–Trinajstić information content (AvgIpc) is 2.53. The zero-order chi connectivity index (χ0) is 15.2. The van der Waals surface area contributed by atoms with Gasteiger partial charge in [0.1, 0.15) is 0 Å². The highest BCUT2D eigenvalue weighted by Gasteiger charge is 2.28. The van der Waals surface area contributed by atoms with E-state index in [2.05, 4.69) is 0 Å². The summed E-state index contributed by atoms with van der Waals surface area (Å²) in [6, 6.07) is 7.61. The van der Waals surface area contributed by atoms with Gasteiger partial charge in [0.25, 0.3) is 5.91 Å². The SMILES string of the molecule is CCCOC(=O)C1CCN(C(=O)c2ccc(C)cc2)CC1. The van der Waals surface area contributed by atoms with Gasteiger partial charge in [-0.2, -0.15) is 0 Å². The number of piperidine rings is 1. The normalized spacial score (nSPS) is 15.8. The molecule has 1 heterocycles. The highest BCUT2D eigenvalue weighted by molar-refractivity contribution is 5.94. The Morgan fingerprint density at radius 1 is 1.19 bits per heavy atom. The van der Waals surface area contributed by atoms with Crippen LogP contribution in [0.4, 0.5) is 0 Å². The van der Waals surface area contributed by atoms with Gasteiger partial charge in [0.2, 0.25) is 0 Å². The van der Waals surface area contributed by atoms with Crippen LogP contribution in [0.15, 0.2) is 24.3 Å². The van der Waals surface area contributed by atoms with Gasteiger partial charge in [-0.3, -0.25) is 9.59 Å². The van der Waals surface area contributed by atoms with Crippen molar-refractivity contribution in [1.82, 2.24) is 4.90 Å². The van der Waals surface area contributed by atoms with Crippen LogP contribution < -0.4 is 0 Å². The molecule has 1 amide bonds. The van der Waals surface area contributed by atoms with E-state index in [9.17, 15) is 9.59 Å². The van der Waals surface area contributed by atoms with Gasteiger partial charge < -0.3 is 9.64 Å². The second-order valence-corrected chi connectivity index (χ2v) is 5.60. The molecule has 0 spiro atoms. The molecule has 0 aromatic heterocycles. The fourth-order valence-electron chi connectivity index (χ4n) is 2.52. The first-order valence-electron chi connectivity index (χ1n) is 7.64. The van der Waals surface area contributed by atoms with Gasteiger partial charge in [-0.1, -0.05) is 24.6 Å². The molecule has 2 rings (SSSR count). The third-order valence-electron chi connectivity index (χ3n) is 3.86. The molecule has 1 saturated heterocycles. The van der Waals surface area contributed by atoms with E-state index in [1.165, 1.54) is 0 Å². The summed E-state index contributed by atoms with van der Waals surface area (Å²) in [4.78, 5) is 26.0. The number of esters is 1. The van der Waals surface area contributed by atoms with Crippen molar-refractivity contribution in [3.63, 3.8) is 0 Å². The van der Waals surface area contributed by atoms with Crippen molar-refractivity contribution in [2.24, 2.45) is 5.92 Å². The zero-order valence-electron chi connectivity index (χ0n) is 12.8. The molecule has 0 unspecified atom stereocenters. The van der Waals surface area contributed by atoms with Crippen LogP contribution in [0, 0.1) is 12.8 Å². The first-order chi connectivity index (χ1) is 10.1. The third kappa shape index (κ3) is 4.06. The molecule has 4 nitrogen and oxygen atoms in total. The first kappa shape index (κ1) is 15.5. The molecule has 0 saturated carbocycles. The molecule has 4 heteroatoms. The van der Waals surface area contributed by atoms with Gasteiger partial charge in [0, 0.05) is 18.7 Å². The number of hydrogen-bond donors (Lipinski definition) is 0. The van der Waals surface area contributed by atoms with Crippen molar-refractivity contribution in [2.75, 3.05) is 19.7 Å². The van der Waals surface area contributed by atoms with Gasteiger partial charge >= 0.3 is 5.97 Å². The summed E-state index contributed by atoms with van der Waals surface area (Å²) in [5, 5.41) is 0. The molecule has 1 aliphatic rings. The van der Waals surface area contributed by atoms with Crippen molar-refractivity contribution in [3.05, 3.63) is 35.4 Å². The smallest absolute Gasteiger partial charge is 0.309 e. The van der Waals surface area contributed by atoms with E-state index in [0.29, 0.717) is 38.1 Å². The number of carbonyl (C=O) groups excluding carboxylic acids is 2. The molecular formula is C17H23NO3. The lowest BCUT2D eigenvalue weighted by Crippen LogP contribution is -2.40. The van der Waals surface area contributed by atoms with Gasteiger partial charge in [0.05, 0.1) is 12.5 Å². The standard InChI is InChI=1S/C17H23NO3/c1-3-12-21-17(20)15-8-10-18(11-9-15)16(19)14-6-4-13(2)5-7-14/h4-7,15H,3,8-12H2,1-2H3. The first-order valence-corrected chi connectivity index (χ1v) is 7.64. The Kier molecular flexibility index (Phi) is 5.37. The summed E-state index contributed by atoms with van der Waals surface area (Å²) >= 11 is 0. The van der Waals surface area contributed by atoms with Crippen LogP contribution in [0.1, 0.15) is 42.1 Å². The molecule has 0 radical (unpaired) electrons. The second-order valence-electron chi connectivity index (χ2n) is 5.60. The number of ether oxygens (including phenoxy) is 1. The zero-order valence-corrected chi connectivity index (χ0v) is 12.8. The van der Waals surface area contributed by atoms with E-state index in [4.69, 9.17) is 4.74 Å². The Morgan fingerprint density at radius 2 is 1.81 bits per heavy atom. The Morgan fingerprint density at radius 3 is 2.38 bits per heavy atom. The highest BCUT2D eigenvalue weighted by Crippen LogP contribution is 2.20. The number of amides is 1. The van der Waals surface area contributed by atoms with Crippen molar-refractivity contribution in [1.29, 1.82) is 0 Å². The van der Waals surface area contributed by atoms with E-state index >= 15 is 0 Å². The lowest BCUT2D eigenvalue weighted by molar-refractivity contribution is -0.150. The maximum absolute atomic E-state index is 12.4. The summed E-state index contributed by atoms with van der Waals surface area (Å²) in [5.41, 5.74) is 1.86. The second kappa shape index (κ2) is 7.25. The summed E-state index contributed by atoms with van der Waals surface area (Å²) in [6.07, 6.45) is 2.23. The Labute approximate surface area is 126 Å². The lowest BCUT2D eigenvalue weighted by atomic mass is 9.96. The van der Waals surface area contributed by atoms with Crippen molar-refractivity contribution < 1.29 is 14.3 Å². The Bertz CT molecular complexity index is 487. The molecule has 1 aliphatic heterocycles. The number of likely N-dealkylation sites (tertiary alicyclic amines) is 1. The van der Waals surface area contributed by atoms with E-state index < -0.39 is 0 Å². The van der Waals surface area contributed by atoms with E-state index in [0.717, 1.165) is 12.0 Å². The summed E-state index contributed by atoms with van der Waals surface area (Å²) in [7, 11) is 0. The molecule has 0 N–H and O–H groups in total. The van der Waals surface area contributed by atoms with Crippen molar-refractivity contribution >= 4 is 11.9 Å². The molecule has 0 bridgehead atoms. The number of carbonyl (C=O) groups is 2. The molecule has 114 valence electrons. The fraction of sp³-hybridized carbons (Fsp3) is 0.529. The van der Waals surface area contributed by atoms with Gasteiger partial charge in [-0.15, -0.1) is 0 Å². The van der Waals surface area contributed by atoms with Gasteiger partial charge in [-0.25, -0.2) is 0 Å². The van der Waals surface area contributed by atoms with Gasteiger partial charge in [-0.05, 0) is 38.3 Å². The van der Waals surface area contributed by atoms with E-state index in [-0.39, 0.29) is 17.8 Å². The van der Waals surface area contributed by atoms with Crippen LogP contribution in [0.5, 0.6) is 0 Å². The van der Waals surface area contributed by atoms with E-state index in [1.54, 1.807) is 0 Å². The predicted molar refractivity (Wildman–Crippen MR) is 81.1 cm³/mol. The molecule has 0 aliphatic carbocycles. The Balaban J connectivity index is 1.87. The van der Waals surface area contributed by atoms with E-state index in [1.807, 2.05) is 43.0 Å². The predicted octanol–water partition coefficient (Wildman–Crippen LogP) is 2.80. The quantitative estimate of drug-likeness (QED) is 0.801. The summed E-state index contributed by atoms with van der Waals surface area (Å²) in [6.45, 7) is 5.72. The summed E-state index contributed by atoms with van der Waals surface area (Å²) < 4.78 is 5.18. The average molecular weight is 289 g/mol. The third-order valence-corrected chi connectivity index (χ3v) is 3.86. The van der Waals surface area contributed by atoms with Crippen molar-refractivity contribution in [2.45, 2.75) is 33.1 Å². The topological polar surface area (TPSA) is 46.6 Å². The minimum atomic E-state index is -0.112. The van der Waals surface area contributed by atoms with Crippen LogP contribution in [-0.4, -0.2) is 36.5 Å². The van der Waals surface area contributed by atoms with Crippen LogP contribution in [0.25, 0.3) is 0 Å². The largest absolute Gasteiger partial charge is 0.465 e. The summed E-state index contributed by atoms with van der Waals surface area (Å²) in [5.74, 6) is -0.117. The Hall–Kier alpha value is -1.84. The lowest BCUT2D eigenvalue weighted by Gasteiger charge is -2.31. The maximum atomic E-state index is 12.4. The minimum absolute atomic E-state index is 0.0513. The number of hydrogen-bond acceptors (Lipinski definition) is 3. The molecule has 0 atom stereocenters. The highest BCUT2D eigenvalue weighted by atomic mass is 16.5. The van der Waals surface area contributed by atoms with Crippen LogP contribution in [0.3, 0.4) is 0 Å². The molecule has 1 aromatic rings. The fourth-order valence-corrected chi connectivity index (χ4v) is 2.52. The number of aryl methyl sites for hydroxylation is 1. The van der Waals surface area contributed by atoms with Crippen LogP contribution >= 0.6 is 0 Å².